The van der Waals surface area contributed by atoms with E-state index in [4.69, 9.17) is 15.0 Å². The van der Waals surface area contributed by atoms with Crippen LogP contribution in [0.2, 0.25) is 0 Å². The first-order valence-corrected chi connectivity index (χ1v) is 9.48. The smallest absolute Gasteiger partial charge is 0.474 e. The van der Waals surface area contributed by atoms with Crippen LogP contribution in [-0.2, 0) is 15.1 Å². The predicted molar refractivity (Wildman–Crippen MR) is 89.1 cm³/mol. The van der Waals surface area contributed by atoms with Crippen molar-refractivity contribution < 1.29 is 37.0 Å². The lowest BCUT2D eigenvalue weighted by Gasteiger charge is -2.26. The lowest BCUT2D eigenvalue weighted by atomic mass is 10.4. The van der Waals surface area contributed by atoms with Gasteiger partial charge in [0.05, 0.1) is 12.7 Å². The van der Waals surface area contributed by atoms with Gasteiger partial charge in [-0.2, -0.15) is 25.5 Å². The van der Waals surface area contributed by atoms with Crippen molar-refractivity contribution in [3.63, 3.8) is 0 Å². The number of ether oxygens (including phenoxy) is 1. The lowest BCUT2D eigenvalue weighted by molar-refractivity contribution is -0.835. The summed E-state index contributed by atoms with van der Waals surface area (Å²) in [5.74, 6) is 1.73. The summed E-state index contributed by atoms with van der Waals surface area (Å²) in [5, 5.41) is 2.23. The maximum Gasteiger partial charge on any atom is 0.474 e. The highest BCUT2D eigenvalue weighted by Crippen LogP contribution is 2.19. The number of rotatable bonds is 5. The van der Waals surface area contributed by atoms with Gasteiger partial charge in [-0.25, -0.2) is 9.08 Å². The van der Waals surface area contributed by atoms with Gasteiger partial charge in [-0.3, -0.25) is 4.55 Å². The van der Waals surface area contributed by atoms with E-state index in [-0.39, 0.29) is 23.8 Å². The van der Waals surface area contributed by atoms with Gasteiger partial charge in [0.15, 0.2) is 5.82 Å². The Hall–Kier alpha value is -2.03. The highest BCUT2D eigenvalue weighted by Gasteiger charge is 2.27. The topological polar surface area (TPSA) is 178 Å². The van der Waals surface area contributed by atoms with E-state index in [2.05, 4.69) is 14.6 Å². The molecule has 0 spiro atoms. The van der Waals surface area contributed by atoms with Crippen LogP contribution in [0.5, 0.6) is 0 Å². The summed E-state index contributed by atoms with van der Waals surface area (Å²) in [7, 11) is -4.87. The molecule has 1 aliphatic rings. The zero-order valence-electron chi connectivity index (χ0n) is 13.3. The van der Waals surface area contributed by atoms with Crippen molar-refractivity contribution in [2.24, 2.45) is 0 Å². The third-order valence-electron chi connectivity index (χ3n) is 2.92. The normalized spacial score (nSPS) is 14.4. The molecule has 0 saturated carbocycles. The van der Waals surface area contributed by atoms with E-state index in [0.717, 1.165) is 24.6 Å². The SMILES string of the molecule is CCOC(=O)Nc1nc(N2CCSCC2)cc(N)[n+]1OS(=O)(=O)O.[OH-]. The van der Waals surface area contributed by atoms with Crippen LogP contribution >= 0.6 is 11.8 Å². The molecule has 142 valence electrons. The van der Waals surface area contributed by atoms with Gasteiger partial charge >= 0.3 is 22.4 Å². The van der Waals surface area contributed by atoms with Crippen LogP contribution < -0.4 is 25.0 Å². The van der Waals surface area contributed by atoms with Crippen molar-refractivity contribution >= 4 is 45.8 Å². The first kappa shape index (κ1) is 21.0. The van der Waals surface area contributed by atoms with E-state index in [1.807, 2.05) is 4.90 Å². The predicted octanol–water partition coefficient (Wildman–Crippen LogP) is -0.872. The van der Waals surface area contributed by atoms with Crippen molar-refractivity contribution in [1.29, 1.82) is 0 Å². The zero-order valence-corrected chi connectivity index (χ0v) is 14.9. The third-order valence-corrected chi connectivity index (χ3v) is 4.20. The van der Waals surface area contributed by atoms with E-state index in [1.54, 1.807) is 18.7 Å². The van der Waals surface area contributed by atoms with Gasteiger partial charge in [0.1, 0.15) is 0 Å². The minimum Gasteiger partial charge on any atom is -0.870 e. The number of nitrogens with two attached hydrogens (primary N) is 1. The molecule has 1 aromatic heterocycles. The van der Waals surface area contributed by atoms with Crippen molar-refractivity contribution in [2.75, 3.05) is 47.2 Å². The minimum atomic E-state index is -4.87. The highest BCUT2D eigenvalue weighted by molar-refractivity contribution is 7.99. The molecule has 1 saturated heterocycles. The number of hydrogen-bond acceptors (Lipinski definition) is 10. The number of carbonyl (C=O) groups excluding carboxylic acids is 1. The number of thioether (sulfide) groups is 1. The summed E-state index contributed by atoms with van der Waals surface area (Å²) in [6.45, 7) is 3.15. The number of carbonyl (C=O) groups is 1. The largest absolute Gasteiger partial charge is 0.870 e. The van der Waals surface area contributed by atoms with Crippen LogP contribution in [0.4, 0.5) is 22.4 Å². The molecule has 0 bridgehead atoms. The van der Waals surface area contributed by atoms with E-state index in [0.29, 0.717) is 10.5 Å². The monoisotopic (exact) mass is 397 g/mol. The maximum absolute atomic E-state index is 11.6. The van der Waals surface area contributed by atoms with Gasteiger partial charge in [-0.1, -0.05) is 4.98 Å². The third kappa shape index (κ3) is 6.08. The summed E-state index contributed by atoms with van der Waals surface area (Å²) in [6, 6.07) is 1.39. The molecule has 0 unspecified atom stereocenters. The Morgan fingerprint density at radius 2 is 2.16 bits per heavy atom. The quantitative estimate of drug-likeness (QED) is 0.415. The van der Waals surface area contributed by atoms with Crippen molar-refractivity contribution in [1.82, 2.24) is 4.98 Å². The second-order valence-electron chi connectivity index (χ2n) is 4.60. The molecule has 0 aliphatic carbocycles. The van der Waals surface area contributed by atoms with Gasteiger partial charge in [-0.15, -0.1) is 0 Å². The second-order valence-corrected chi connectivity index (χ2v) is 6.83. The molecule has 12 nitrogen and oxygen atoms in total. The number of amides is 1. The summed E-state index contributed by atoms with van der Waals surface area (Å²) >= 11 is 1.80. The molecule has 1 fully saturated rings. The molecule has 14 heteroatoms. The summed E-state index contributed by atoms with van der Waals surface area (Å²) in [4.78, 5) is 17.7. The average Bonchev–Trinajstić information content (AvgIpc) is 2.50. The molecule has 2 rings (SSSR count). The van der Waals surface area contributed by atoms with Crippen LogP contribution in [-0.4, -0.2) is 60.7 Å². The Kier molecular flexibility index (Phi) is 7.47. The fourth-order valence-electron chi connectivity index (χ4n) is 1.96. The number of nitrogen functional groups attached to an aromatic ring is 1. The van der Waals surface area contributed by atoms with Gasteiger partial charge in [0.2, 0.25) is 5.82 Å². The number of aromatic nitrogens is 2. The second kappa shape index (κ2) is 8.89. The van der Waals surface area contributed by atoms with Crippen LogP contribution in [0, 0.1) is 0 Å². The molecule has 1 aliphatic heterocycles. The summed E-state index contributed by atoms with van der Waals surface area (Å²) < 4.78 is 40.4. The zero-order chi connectivity index (χ0) is 17.7. The molecule has 0 radical (unpaired) electrons. The van der Waals surface area contributed by atoms with E-state index in [9.17, 15) is 13.2 Å². The fraction of sp³-hybridized carbons (Fsp3) is 0.545. The van der Waals surface area contributed by atoms with E-state index < -0.39 is 16.5 Å². The number of nitrogens with zero attached hydrogens (tertiary/aromatic N) is 3. The standard InChI is InChI=1S/C11H17N5O6S2.H2O/c1-2-21-11(17)14-10-13-9(15-3-5-23-6-4-15)7-8(12)16(10)22-24(18,19)20;/h7H,2-6H2,1H3,(H3,12,13,14,17,18,19,20);1H2. The van der Waals surface area contributed by atoms with Crippen LogP contribution in [0.1, 0.15) is 6.92 Å². The Balaban J connectivity index is 0.00000312. The molecule has 1 aromatic rings. The van der Waals surface area contributed by atoms with Crippen LogP contribution in [0.25, 0.3) is 0 Å². The molecule has 5 N–H and O–H groups in total. The first-order valence-electron chi connectivity index (χ1n) is 6.96. The van der Waals surface area contributed by atoms with Gasteiger partial charge in [-0.05, 0) is 11.7 Å². The van der Waals surface area contributed by atoms with Gasteiger partial charge < -0.3 is 20.8 Å². The van der Waals surface area contributed by atoms with Gasteiger partial charge in [0, 0.05) is 24.6 Å². The van der Waals surface area contributed by atoms with Crippen molar-refractivity contribution in [3.05, 3.63) is 6.07 Å². The Morgan fingerprint density at radius 1 is 1.52 bits per heavy atom. The number of anilines is 3. The molecular formula is C11H19N5O7S2. The molecule has 0 aromatic carbocycles. The number of hydrogen-bond donors (Lipinski definition) is 3. The van der Waals surface area contributed by atoms with E-state index in [1.165, 1.54) is 6.07 Å². The number of nitrogens with one attached hydrogen (secondary N) is 1. The molecule has 2 heterocycles. The van der Waals surface area contributed by atoms with E-state index >= 15 is 0 Å². The molecule has 0 atom stereocenters. The van der Waals surface area contributed by atoms with Crippen molar-refractivity contribution in [2.45, 2.75) is 6.92 Å². The fourth-order valence-corrected chi connectivity index (χ4v) is 3.21. The molecule has 25 heavy (non-hydrogen) atoms. The Bertz CT molecular complexity index is 709. The van der Waals surface area contributed by atoms with Gasteiger partial charge in [0.25, 0.3) is 0 Å². The lowest BCUT2D eigenvalue weighted by Crippen LogP contribution is -2.51. The first-order chi connectivity index (χ1) is 11.3. The Morgan fingerprint density at radius 3 is 2.72 bits per heavy atom. The summed E-state index contributed by atoms with van der Waals surface area (Å²) in [6.07, 6.45) is -0.872. The summed E-state index contributed by atoms with van der Waals surface area (Å²) in [5.41, 5.74) is 5.78. The maximum atomic E-state index is 11.6. The molecular weight excluding hydrogens is 378 g/mol. The van der Waals surface area contributed by atoms with Crippen LogP contribution in [0.3, 0.4) is 0 Å². The van der Waals surface area contributed by atoms with Crippen molar-refractivity contribution in [3.8, 4) is 0 Å². The minimum absolute atomic E-state index is 0. The van der Waals surface area contributed by atoms with Crippen LogP contribution in [0.15, 0.2) is 6.07 Å². The highest BCUT2D eigenvalue weighted by atomic mass is 32.3. The average molecular weight is 397 g/mol. The Labute approximate surface area is 148 Å². The molecule has 1 amide bonds.